The van der Waals surface area contributed by atoms with Crippen molar-refractivity contribution in [2.75, 3.05) is 13.7 Å². The quantitative estimate of drug-likeness (QED) is 0.785. The van der Waals surface area contributed by atoms with Gasteiger partial charge in [0, 0.05) is 24.9 Å². The van der Waals surface area contributed by atoms with Crippen LogP contribution in [-0.2, 0) is 9.59 Å². The van der Waals surface area contributed by atoms with Gasteiger partial charge < -0.3 is 14.7 Å². The van der Waals surface area contributed by atoms with Crippen molar-refractivity contribution in [2.45, 2.75) is 38.1 Å². The second-order valence-electron chi connectivity index (χ2n) is 6.96. The molecule has 1 heterocycles. The molecule has 7 heteroatoms. The van der Waals surface area contributed by atoms with Gasteiger partial charge in [-0.2, -0.15) is 0 Å². The molecule has 6 nitrogen and oxygen atoms in total. The number of Topliss-reactive ketones (excluding diaryl/α,β-unsaturated/α-hetero) is 1. The lowest BCUT2D eigenvalue weighted by Crippen LogP contribution is -2.43. The van der Waals surface area contributed by atoms with Gasteiger partial charge in [-0.3, -0.25) is 9.59 Å². The Bertz CT molecular complexity index is 735. The fraction of sp³-hybridized carbons (Fsp3) is 0.526. The Hall–Kier alpha value is -2.44. The molecule has 3 atom stereocenters. The number of ketones is 1. The Kier molecular flexibility index (Phi) is 5.25. The Morgan fingerprint density at radius 3 is 2.69 bits per heavy atom. The third kappa shape index (κ3) is 3.43. The van der Waals surface area contributed by atoms with Crippen LogP contribution >= 0.6 is 0 Å². The van der Waals surface area contributed by atoms with Crippen molar-refractivity contribution in [1.29, 1.82) is 0 Å². The molecule has 26 heavy (non-hydrogen) atoms. The molecule has 3 rings (SSSR count). The topological polar surface area (TPSA) is 83.9 Å². The molecule has 1 aliphatic carbocycles. The molecule has 1 saturated carbocycles. The van der Waals surface area contributed by atoms with Crippen molar-refractivity contribution in [3.05, 3.63) is 29.6 Å². The Labute approximate surface area is 150 Å². The number of carboxylic acid groups (broad SMARTS) is 1. The van der Waals surface area contributed by atoms with Crippen LogP contribution in [0.2, 0.25) is 0 Å². The smallest absolute Gasteiger partial charge is 0.326 e. The summed E-state index contributed by atoms with van der Waals surface area (Å²) >= 11 is 0. The minimum Gasteiger partial charge on any atom is -0.494 e. The molecule has 1 N–H and O–H groups in total. The van der Waals surface area contributed by atoms with Gasteiger partial charge in [-0.1, -0.05) is 6.42 Å². The van der Waals surface area contributed by atoms with Gasteiger partial charge in [0.05, 0.1) is 7.11 Å². The van der Waals surface area contributed by atoms with Crippen LogP contribution in [0.3, 0.4) is 0 Å². The summed E-state index contributed by atoms with van der Waals surface area (Å²) in [6, 6.07) is 3.12. The molecule has 0 spiro atoms. The number of aliphatic carboxylic acids is 1. The van der Waals surface area contributed by atoms with E-state index in [1.165, 1.54) is 24.1 Å². The molecule has 1 saturated heterocycles. The van der Waals surface area contributed by atoms with E-state index in [0.29, 0.717) is 6.54 Å². The summed E-state index contributed by atoms with van der Waals surface area (Å²) in [5.41, 5.74) is 0.171. The maximum Gasteiger partial charge on any atom is 0.326 e. The molecule has 0 bridgehead atoms. The fourth-order valence-corrected chi connectivity index (χ4v) is 4.23. The predicted octanol–water partition coefficient (Wildman–Crippen LogP) is 2.51. The van der Waals surface area contributed by atoms with E-state index < -0.39 is 17.8 Å². The number of fused-ring (bicyclic) bond motifs is 1. The van der Waals surface area contributed by atoms with Crippen LogP contribution in [-0.4, -0.2) is 47.4 Å². The van der Waals surface area contributed by atoms with E-state index in [4.69, 9.17) is 4.74 Å². The highest BCUT2D eigenvalue weighted by molar-refractivity contribution is 5.98. The van der Waals surface area contributed by atoms with E-state index in [1.807, 2.05) is 0 Å². The molecule has 140 valence electrons. The van der Waals surface area contributed by atoms with Crippen molar-refractivity contribution >= 4 is 17.7 Å². The summed E-state index contributed by atoms with van der Waals surface area (Å²) in [7, 11) is 1.34. The number of amides is 1. The number of methoxy groups -OCH3 is 1. The maximum atomic E-state index is 13.7. The zero-order valence-electron chi connectivity index (χ0n) is 14.6. The van der Waals surface area contributed by atoms with Crippen molar-refractivity contribution < 1.29 is 28.6 Å². The maximum absolute atomic E-state index is 13.7. The summed E-state index contributed by atoms with van der Waals surface area (Å²) in [6.45, 7) is 0.450. The predicted molar refractivity (Wildman–Crippen MR) is 90.5 cm³/mol. The first kappa shape index (κ1) is 18.4. The monoisotopic (exact) mass is 363 g/mol. The first-order chi connectivity index (χ1) is 12.4. The van der Waals surface area contributed by atoms with Gasteiger partial charge in [0.15, 0.2) is 17.3 Å². The van der Waals surface area contributed by atoms with Crippen LogP contribution in [0.5, 0.6) is 5.75 Å². The van der Waals surface area contributed by atoms with E-state index in [0.717, 1.165) is 25.3 Å². The molecule has 0 aromatic heterocycles. The molecular formula is C19H22FNO5. The van der Waals surface area contributed by atoms with Crippen LogP contribution in [0.25, 0.3) is 0 Å². The normalized spacial score (nSPS) is 24.4. The molecule has 0 radical (unpaired) electrons. The average Bonchev–Trinajstić information content (AvgIpc) is 3.19. The second kappa shape index (κ2) is 7.43. The van der Waals surface area contributed by atoms with Crippen LogP contribution in [0.15, 0.2) is 18.2 Å². The number of rotatable bonds is 6. The number of carbonyl (C=O) groups excluding carboxylic acids is 2. The minimum absolute atomic E-state index is 0.0165. The van der Waals surface area contributed by atoms with Crippen LogP contribution in [0, 0.1) is 17.7 Å². The average molecular weight is 363 g/mol. The molecule has 1 amide bonds. The molecule has 1 aromatic rings. The number of carbonyl (C=O) groups is 3. The Balaban J connectivity index is 1.62. The lowest BCUT2D eigenvalue weighted by molar-refractivity contribution is -0.149. The number of ether oxygens (including phenoxy) is 1. The van der Waals surface area contributed by atoms with Gasteiger partial charge >= 0.3 is 5.97 Å². The number of likely N-dealkylation sites (tertiary alicyclic amines) is 1. The van der Waals surface area contributed by atoms with Gasteiger partial charge in [0.25, 0.3) is 0 Å². The zero-order chi connectivity index (χ0) is 18.8. The van der Waals surface area contributed by atoms with Crippen LogP contribution < -0.4 is 4.74 Å². The van der Waals surface area contributed by atoms with Gasteiger partial charge in [0.2, 0.25) is 5.91 Å². The van der Waals surface area contributed by atoms with Crippen molar-refractivity contribution in [3.63, 3.8) is 0 Å². The molecule has 2 fully saturated rings. The summed E-state index contributed by atoms with van der Waals surface area (Å²) in [4.78, 5) is 37.8. The first-order valence-corrected chi connectivity index (χ1v) is 8.81. The second-order valence-corrected chi connectivity index (χ2v) is 6.96. The van der Waals surface area contributed by atoms with E-state index in [-0.39, 0.29) is 47.7 Å². The number of hydrogen-bond acceptors (Lipinski definition) is 4. The van der Waals surface area contributed by atoms with E-state index >= 15 is 0 Å². The number of carboxylic acids is 1. The van der Waals surface area contributed by atoms with E-state index in [1.54, 1.807) is 0 Å². The molecule has 2 aliphatic rings. The molecule has 3 unspecified atom stereocenters. The highest BCUT2D eigenvalue weighted by atomic mass is 19.1. The van der Waals surface area contributed by atoms with Gasteiger partial charge in [-0.05, 0) is 42.9 Å². The Morgan fingerprint density at radius 1 is 1.27 bits per heavy atom. The lowest BCUT2D eigenvalue weighted by Gasteiger charge is -2.24. The van der Waals surface area contributed by atoms with Crippen LogP contribution in [0.1, 0.15) is 42.5 Å². The highest BCUT2D eigenvalue weighted by Crippen LogP contribution is 2.42. The number of halogens is 1. The highest BCUT2D eigenvalue weighted by Gasteiger charge is 2.49. The van der Waals surface area contributed by atoms with Crippen LogP contribution in [0.4, 0.5) is 4.39 Å². The van der Waals surface area contributed by atoms with Gasteiger partial charge in [-0.15, -0.1) is 0 Å². The standard InChI is InChI=1S/C19H22FNO5/c1-26-16-7-5-11(9-14(16)20)15(22)6-8-17(23)21-10-12-3-2-4-13(12)18(21)19(24)25/h5,7,9,12-13,18H,2-4,6,8,10H2,1H3,(H,24,25). The fourth-order valence-electron chi connectivity index (χ4n) is 4.23. The van der Waals surface area contributed by atoms with Gasteiger partial charge in [0.1, 0.15) is 6.04 Å². The van der Waals surface area contributed by atoms with Crippen molar-refractivity contribution in [2.24, 2.45) is 11.8 Å². The first-order valence-electron chi connectivity index (χ1n) is 8.81. The number of nitrogens with zero attached hydrogens (tertiary/aromatic N) is 1. The number of hydrogen-bond donors (Lipinski definition) is 1. The number of benzene rings is 1. The summed E-state index contributed by atoms with van der Waals surface area (Å²) in [6.07, 6.45) is 2.62. The molecule has 1 aromatic carbocycles. The van der Waals surface area contributed by atoms with Crippen molar-refractivity contribution in [1.82, 2.24) is 4.90 Å². The van der Waals surface area contributed by atoms with Gasteiger partial charge in [-0.25, -0.2) is 9.18 Å². The van der Waals surface area contributed by atoms with E-state index in [9.17, 15) is 23.9 Å². The molecular weight excluding hydrogens is 341 g/mol. The largest absolute Gasteiger partial charge is 0.494 e. The zero-order valence-corrected chi connectivity index (χ0v) is 14.6. The SMILES string of the molecule is COc1ccc(C(=O)CCC(=O)N2CC3CCCC3C2C(=O)O)cc1F. The minimum atomic E-state index is -0.976. The third-order valence-electron chi connectivity index (χ3n) is 5.50. The summed E-state index contributed by atoms with van der Waals surface area (Å²) in [5, 5.41) is 9.50. The Morgan fingerprint density at radius 2 is 2.04 bits per heavy atom. The van der Waals surface area contributed by atoms with Crippen molar-refractivity contribution in [3.8, 4) is 5.75 Å². The summed E-state index contributed by atoms with van der Waals surface area (Å²) in [5.74, 6) is -1.99. The third-order valence-corrected chi connectivity index (χ3v) is 5.50. The summed E-state index contributed by atoms with van der Waals surface area (Å²) < 4.78 is 18.5. The lowest BCUT2D eigenvalue weighted by atomic mass is 9.94. The van der Waals surface area contributed by atoms with E-state index in [2.05, 4.69) is 0 Å². The molecule has 1 aliphatic heterocycles.